The van der Waals surface area contributed by atoms with Gasteiger partial charge in [-0.3, -0.25) is 5.10 Å². The summed E-state index contributed by atoms with van der Waals surface area (Å²) >= 11 is 0. The lowest BCUT2D eigenvalue weighted by atomic mass is 10.4. The number of nitrogens with one attached hydrogen (secondary N) is 1. The monoisotopic (exact) mass is 85.1 g/mol. The maximum atomic E-state index is 6.86. The molecule has 0 amide bonds. The highest BCUT2D eigenvalue weighted by molar-refractivity contribution is 4.96. The lowest BCUT2D eigenvalue weighted by molar-refractivity contribution is 1.09. The van der Waals surface area contributed by atoms with E-state index < -0.39 is 6.85 Å². The number of hydrogen-bond donors (Lipinski definition) is 1. The molecular weight excluding hydrogens is 76.1 g/mol. The van der Waals surface area contributed by atoms with E-state index in [2.05, 4.69) is 10.2 Å². The fraction of sp³-hybridized carbons (Fsp3) is 0.250. The molecule has 1 N–H and O–H groups in total. The summed E-state index contributed by atoms with van der Waals surface area (Å²) in [5, 5.41) is 5.93. The lowest BCUT2D eigenvalue weighted by Crippen LogP contribution is -1.53. The first-order valence-corrected chi connectivity index (χ1v) is 1.60. The summed E-state index contributed by atoms with van der Waals surface area (Å²) in [4.78, 5) is 0. The van der Waals surface area contributed by atoms with Crippen LogP contribution in [-0.4, -0.2) is 10.2 Å². The molecule has 2 nitrogen and oxygen atoms in total. The molecule has 1 heterocycles. The second-order valence-corrected chi connectivity index (χ2v) is 0.987. The Bertz CT molecular complexity index is 176. The molecule has 0 fully saturated rings. The van der Waals surface area contributed by atoms with Crippen molar-refractivity contribution < 1.29 is 4.11 Å². The van der Waals surface area contributed by atoms with Crippen LogP contribution in [0.15, 0.2) is 12.4 Å². The molecule has 0 saturated carbocycles. The minimum Gasteiger partial charge on any atom is -0.285 e. The van der Waals surface area contributed by atoms with Crippen molar-refractivity contribution >= 4 is 0 Å². The van der Waals surface area contributed by atoms with Crippen molar-refractivity contribution in [2.75, 3.05) is 0 Å². The predicted molar refractivity (Wildman–Crippen MR) is 23.3 cm³/mol. The average Bonchev–Trinajstić information content (AvgIpc) is 2.08. The normalized spacial score (nSPS) is 18.3. The molecule has 1 aromatic rings. The van der Waals surface area contributed by atoms with Gasteiger partial charge >= 0.3 is 0 Å². The number of nitrogens with zero attached hydrogens (tertiary/aromatic N) is 1. The number of aromatic nitrogens is 2. The summed E-state index contributed by atoms with van der Waals surface area (Å²) in [6, 6.07) is 0. The third-order valence-electron chi connectivity index (χ3n) is 0.498. The molecule has 0 bridgehead atoms. The lowest BCUT2D eigenvalue weighted by Gasteiger charge is -1.62. The van der Waals surface area contributed by atoms with E-state index in [1.807, 2.05) is 0 Å². The van der Waals surface area contributed by atoms with Gasteiger partial charge in [0.25, 0.3) is 0 Å². The van der Waals surface area contributed by atoms with Gasteiger partial charge < -0.3 is 0 Å². The van der Waals surface area contributed by atoms with Gasteiger partial charge in [0.2, 0.25) is 0 Å². The molecule has 32 valence electrons. The second kappa shape index (κ2) is 1.12. The Balaban J connectivity index is 2.90. The summed E-state index contributed by atoms with van der Waals surface area (Å²) in [6.07, 6.45) is 2.67. The first kappa shape index (κ1) is 1.37. The summed E-state index contributed by atoms with van der Waals surface area (Å²) < 4.78 is 20.6. The van der Waals surface area contributed by atoms with E-state index >= 15 is 0 Å². The van der Waals surface area contributed by atoms with E-state index in [0.29, 0.717) is 0 Å². The van der Waals surface area contributed by atoms with Crippen LogP contribution < -0.4 is 0 Å². The Hall–Kier alpha value is -0.790. The van der Waals surface area contributed by atoms with Crippen LogP contribution in [0.3, 0.4) is 0 Å². The fourth-order valence-corrected chi connectivity index (χ4v) is 0.251. The van der Waals surface area contributed by atoms with Crippen molar-refractivity contribution in [1.82, 2.24) is 10.2 Å². The zero-order chi connectivity index (χ0) is 6.91. The Labute approximate surface area is 40.4 Å². The van der Waals surface area contributed by atoms with Crippen LogP contribution in [0.25, 0.3) is 0 Å². The Kier molecular flexibility index (Phi) is 0.257. The smallest absolute Gasteiger partial charge is 0.0516 e. The molecular formula is C4H6N2. The fourth-order valence-electron chi connectivity index (χ4n) is 0.251. The minimum atomic E-state index is -2.02. The van der Waals surface area contributed by atoms with Crippen molar-refractivity contribution in [3.63, 3.8) is 0 Å². The molecule has 0 atom stereocenters. The third-order valence-corrected chi connectivity index (χ3v) is 0.498. The van der Waals surface area contributed by atoms with Crippen LogP contribution in [-0.2, 0) is 0 Å². The first-order valence-electron chi connectivity index (χ1n) is 3.10. The Morgan fingerprint density at radius 1 is 2.17 bits per heavy atom. The third kappa shape index (κ3) is 0.407. The standard InChI is InChI=1S/C4H6N2/c1-4-2-5-6-3-4/h2-3H,1H3,(H,5,6)/i1D3. The molecule has 0 aliphatic carbocycles. The van der Waals surface area contributed by atoms with E-state index in [1.165, 1.54) is 12.4 Å². The van der Waals surface area contributed by atoms with Gasteiger partial charge in [0.05, 0.1) is 6.20 Å². The zero-order valence-electron chi connectivity index (χ0n) is 6.10. The van der Waals surface area contributed by atoms with Crippen molar-refractivity contribution in [2.24, 2.45) is 0 Å². The quantitative estimate of drug-likeness (QED) is 0.494. The Morgan fingerprint density at radius 3 is 3.50 bits per heavy atom. The molecule has 0 aliphatic heterocycles. The largest absolute Gasteiger partial charge is 0.285 e. The number of hydrogen-bond acceptors (Lipinski definition) is 1. The highest BCUT2D eigenvalue weighted by Gasteiger charge is 1.74. The SMILES string of the molecule is [2H]C([2H])([2H])c1cn[nH]c1. The molecule has 0 aromatic carbocycles. The summed E-state index contributed by atoms with van der Waals surface area (Å²) in [5.41, 5.74) is 0.252. The molecule has 0 saturated heterocycles. The Morgan fingerprint density at radius 2 is 3.17 bits per heavy atom. The molecule has 0 unspecified atom stereocenters. The maximum Gasteiger partial charge on any atom is 0.0516 e. The van der Waals surface area contributed by atoms with Crippen LogP contribution in [0.2, 0.25) is 0 Å². The van der Waals surface area contributed by atoms with E-state index in [9.17, 15) is 0 Å². The second-order valence-electron chi connectivity index (χ2n) is 0.987. The number of aryl methyl sites for hydroxylation is 1. The van der Waals surface area contributed by atoms with Gasteiger partial charge in [-0.1, -0.05) is 0 Å². The van der Waals surface area contributed by atoms with Gasteiger partial charge in [-0.25, -0.2) is 0 Å². The van der Waals surface area contributed by atoms with Crippen LogP contribution in [0.5, 0.6) is 0 Å². The van der Waals surface area contributed by atoms with Gasteiger partial charge in [0, 0.05) is 10.3 Å². The van der Waals surface area contributed by atoms with Crippen molar-refractivity contribution in [1.29, 1.82) is 0 Å². The van der Waals surface area contributed by atoms with Gasteiger partial charge in [0.15, 0.2) is 0 Å². The summed E-state index contributed by atoms with van der Waals surface area (Å²) in [7, 11) is 0. The first-order chi connectivity index (χ1) is 4.11. The summed E-state index contributed by atoms with van der Waals surface area (Å²) in [6.45, 7) is -2.02. The molecule has 0 spiro atoms. The van der Waals surface area contributed by atoms with E-state index in [-0.39, 0.29) is 5.56 Å². The van der Waals surface area contributed by atoms with Gasteiger partial charge in [-0.05, 0) is 12.4 Å². The molecule has 1 rings (SSSR count). The number of rotatable bonds is 0. The van der Waals surface area contributed by atoms with Crippen molar-refractivity contribution in [3.05, 3.63) is 18.0 Å². The molecule has 0 aliphatic rings. The maximum absolute atomic E-state index is 6.86. The molecule has 6 heavy (non-hydrogen) atoms. The van der Waals surface area contributed by atoms with Crippen molar-refractivity contribution in [2.45, 2.75) is 6.85 Å². The highest BCUT2D eigenvalue weighted by atomic mass is 15.1. The van der Waals surface area contributed by atoms with Gasteiger partial charge in [-0.2, -0.15) is 5.10 Å². The van der Waals surface area contributed by atoms with E-state index in [1.54, 1.807) is 0 Å². The predicted octanol–water partition coefficient (Wildman–Crippen LogP) is 0.718. The topological polar surface area (TPSA) is 28.7 Å². The van der Waals surface area contributed by atoms with Gasteiger partial charge in [0.1, 0.15) is 0 Å². The van der Waals surface area contributed by atoms with Crippen molar-refractivity contribution in [3.8, 4) is 0 Å². The van der Waals surface area contributed by atoms with Crippen LogP contribution in [0, 0.1) is 6.85 Å². The number of aromatic amines is 1. The minimum absolute atomic E-state index is 0.252. The van der Waals surface area contributed by atoms with Gasteiger partial charge in [-0.15, -0.1) is 0 Å². The van der Waals surface area contributed by atoms with E-state index in [4.69, 9.17) is 4.11 Å². The average molecular weight is 85.1 g/mol. The number of H-pyrrole nitrogens is 1. The highest BCUT2D eigenvalue weighted by Crippen LogP contribution is 1.84. The molecule has 0 radical (unpaired) electrons. The molecule has 1 aromatic heterocycles. The molecule has 2 heteroatoms. The zero-order valence-corrected chi connectivity index (χ0v) is 3.10. The summed E-state index contributed by atoms with van der Waals surface area (Å²) in [5.74, 6) is 0. The van der Waals surface area contributed by atoms with Crippen LogP contribution >= 0.6 is 0 Å². The van der Waals surface area contributed by atoms with Crippen LogP contribution in [0.1, 0.15) is 9.68 Å². The van der Waals surface area contributed by atoms with E-state index in [0.717, 1.165) is 0 Å². The van der Waals surface area contributed by atoms with Crippen LogP contribution in [0.4, 0.5) is 0 Å².